The van der Waals surface area contributed by atoms with Crippen LogP contribution in [0.25, 0.3) is 0 Å². The van der Waals surface area contributed by atoms with Crippen LogP contribution in [0.3, 0.4) is 0 Å². The fourth-order valence-corrected chi connectivity index (χ4v) is 3.12. The third-order valence-corrected chi connectivity index (χ3v) is 4.68. The number of nitrogens with one attached hydrogen (secondary N) is 2. The molecular weight excluding hydrogens is 386 g/mol. The van der Waals surface area contributed by atoms with Crippen LogP contribution in [-0.2, 0) is 6.42 Å². The average Bonchev–Trinajstić information content (AvgIpc) is 3.21. The number of anilines is 4. The van der Waals surface area contributed by atoms with Gasteiger partial charge in [0.15, 0.2) is 11.5 Å². The lowest BCUT2D eigenvalue weighted by atomic mass is 10.1. The molecule has 154 valence electrons. The molecule has 0 unspecified atom stereocenters. The fraction of sp³-hybridized carbons (Fsp3) is 0.238. The summed E-state index contributed by atoms with van der Waals surface area (Å²) in [5.41, 5.74) is 2.29. The van der Waals surface area contributed by atoms with E-state index in [-0.39, 0.29) is 24.1 Å². The molecule has 9 heteroatoms. The fourth-order valence-electron chi connectivity index (χ4n) is 3.12. The van der Waals surface area contributed by atoms with Crippen molar-refractivity contribution in [2.45, 2.75) is 26.2 Å². The minimum atomic E-state index is -0.507. The normalized spacial score (nSPS) is 11.9. The van der Waals surface area contributed by atoms with E-state index in [4.69, 9.17) is 9.47 Å². The van der Waals surface area contributed by atoms with Gasteiger partial charge in [0.1, 0.15) is 6.33 Å². The Hall–Kier alpha value is -3.88. The zero-order valence-corrected chi connectivity index (χ0v) is 16.4. The molecule has 0 spiro atoms. The number of aromatic nitrogens is 2. The second kappa shape index (κ2) is 8.64. The lowest BCUT2D eigenvalue weighted by Crippen LogP contribution is -2.05. The van der Waals surface area contributed by atoms with Crippen LogP contribution in [0, 0.1) is 10.1 Å². The second-order valence-electron chi connectivity index (χ2n) is 6.80. The Labute approximate surface area is 173 Å². The second-order valence-corrected chi connectivity index (χ2v) is 6.80. The van der Waals surface area contributed by atoms with Crippen molar-refractivity contribution >= 4 is 28.7 Å². The summed E-state index contributed by atoms with van der Waals surface area (Å²) in [4.78, 5) is 19.4. The predicted molar refractivity (Wildman–Crippen MR) is 113 cm³/mol. The monoisotopic (exact) mass is 407 g/mol. The van der Waals surface area contributed by atoms with Crippen LogP contribution in [0.4, 0.5) is 28.7 Å². The van der Waals surface area contributed by atoms with E-state index in [0.717, 1.165) is 19.3 Å². The van der Waals surface area contributed by atoms with Crippen molar-refractivity contribution in [1.29, 1.82) is 0 Å². The maximum Gasteiger partial charge on any atom is 0.353 e. The number of ether oxygens (including phenoxy) is 2. The first kappa shape index (κ1) is 19.4. The van der Waals surface area contributed by atoms with Crippen molar-refractivity contribution in [3.63, 3.8) is 0 Å². The molecule has 1 aromatic heterocycles. The minimum Gasteiger partial charge on any atom is -0.454 e. The van der Waals surface area contributed by atoms with Crippen molar-refractivity contribution in [3.05, 3.63) is 64.5 Å². The van der Waals surface area contributed by atoms with Crippen LogP contribution in [0.15, 0.2) is 48.8 Å². The van der Waals surface area contributed by atoms with Crippen LogP contribution in [0.1, 0.15) is 25.3 Å². The molecule has 0 atom stereocenters. The molecule has 0 amide bonds. The maximum absolute atomic E-state index is 11.8. The van der Waals surface area contributed by atoms with Gasteiger partial charge in [-0.2, -0.15) is 0 Å². The largest absolute Gasteiger partial charge is 0.454 e. The molecule has 9 nitrogen and oxygen atoms in total. The van der Waals surface area contributed by atoms with E-state index in [9.17, 15) is 10.1 Å². The number of nitro groups is 1. The quantitative estimate of drug-likeness (QED) is 0.399. The van der Waals surface area contributed by atoms with Crippen LogP contribution in [0.5, 0.6) is 11.5 Å². The van der Waals surface area contributed by atoms with Gasteiger partial charge in [-0.3, -0.25) is 10.1 Å². The summed E-state index contributed by atoms with van der Waals surface area (Å²) in [7, 11) is 0. The molecule has 0 fully saturated rings. The van der Waals surface area contributed by atoms with E-state index >= 15 is 0 Å². The predicted octanol–water partition coefficient (Wildman–Crippen LogP) is 4.94. The molecule has 2 heterocycles. The summed E-state index contributed by atoms with van der Waals surface area (Å²) in [5, 5.41) is 17.8. The first-order valence-electron chi connectivity index (χ1n) is 9.66. The number of rotatable bonds is 8. The first-order valence-corrected chi connectivity index (χ1v) is 9.66. The SMILES string of the molecule is CCCCc1ccc(Nc2ncnc(Nc3ccc4c(c3)OCO4)c2[N+](=O)[O-])cc1. The zero-order valence-electron chi connectivity index (χ0n) is 16.4. The molecule has 1 aliphatic heterocycles. The van der Waals surface area contributed by atoms with Gasteiger partial charge in [-0.25, -0.2) is 9.97 Å². The van der Waals surface area contributed by atoms with Gasteiger partial charge < -0.3 is 20.1 Å². The minimum absolute atomic E-state index is 0.0796. The van der Waals surface area contributed by atoms with E-state index in [2.05, 4.69) is 27.5 Å². The molecule has 0 aliphatic carbocycles. The third-order valence-electron chi connectivity index (χ3n) is 4.68. The van der Waals surface area contributed by atoms with Gasteiger partial charge in [-0.1, -0.05) is 25.5 Å². The van der Waals surface area contributed by atoms with Crippen molar-refractivity contribution in [2.75, 3.05) is 17.4 Å². The first-order chi connectivity index (χ1) is 14.6. The summed E-state index contributed by atoms with van der Waals surface area (Å²) in [6.07, 6.45) is 4.54. The highest BCUT2D eigenvalue weighted by Crippen LogP contribution is 2.37. The molecule has 0 saturated heterocycles. The summed E-state index contributed by atoms with van der Waals surface area (Å²) in [5.74, 6) is 1.39. The van der Waals surface area contributed by atoms with Crippen LogP contribution >= 0.6 is 0 Å². The van der Waals surface area contributed by atoms with Crippen molar-refractivity contribution in [3.8, 4) is 11.5 Å². The van der Waals surface area contributed by atoms with Gasteiger partial charge in [0.2, 0.25) is 18.4 Å². The Balaban J connectivity index is 1.57. The van der Waals surface area contributed by atoms with Gasteiger partial charge in [0.05, 0.1) is 4.92 Å². The van der Waals surface area contributed by atoms with Crippen LogP contribution in [-0.4, -0.2) is 21.7 Å². The smallest absolute Gasteiger partial charge is 0.353 e. The molecule has 2 N–H and O–H groups in total. The van der Waals surface area contributed by atoms with Gasteiger partial charge >= 0.3 is 5.69 Å². The van der Waals surface area contributed by atoms with Crippen LogP contribution in [0.2, 0.25) is 0 Å². The summed E-state index contributed by atoms with van der Waals surface area (Å²) >= 11 is 0. The van der Waals surface area contributed by atoms with E-state index in [1.54, 1.807) is 18.2 Å². The summed E-state index contributed by atoms with van der Waals surface area (Å²) in [6.45, 7) is 2.30. The number of unbranched alkanes of at least 4 members (excludes halogenated alkanes) is 1. The standard InChI is InChI=1S/C21H21N5O4/c1-2-3-4-14-5-7-15(8-6-14)24-20-19(26(27)28)21(23-12-22-20)25-16-9-10-17-18(11-16)30-13-29-17/h5-12H,2-4,13H2,1H3,(H2,22,23,24,25). The highest BCUT2D eigenvalue weighted by molar-refractivity contribution is 5.77. The van der Waals surface area contributed by atoms with E-state index < -0.39 is 4.92 Å². The Morgan fingerprint density at radius 1 is 1.00 bits per heavy atom. The summed E-state index contributed by atoms with van der Waals surface area (Å²) < 4.78 is 10.6. The molecule has 4 rings (SSSR count). The molecule has 0 bridgehead atoms. The van der Waals surface area contributed by atoms with Gasteiger partial charge in [-0.15, -0.1) is 0 Å². The Morgan fingerprint density at radius 2 is 1.67 bits per heavy atom. The Morgan fingerprint density at radius 3 is 2.37 bits per heavy atom. The Bertz CT molecular complexity index is 1060. The third kappa shape index (κ3) is 4.24. The molecule has 0 radical (unpaired) electrons. The average molecular weight is 407 g/mol. The molecule has 1 aliphatic rings. The Kier molecular flexibility index (Phi) is 5.60. The highest BCUT2D eigenvalue weighted by atomic mass is 16.7. The van der Waals surface area contributed by atoms with Crippen molar-refractivity contribution < 1.29 is 14.4 Å². The number of benzene rings is 2. The molecule has 2 aromatic carbocycles. The van der Waals surface area contributed by atoms with E-state index in [0.29, 0.717) is 22.9 Å². The topological polar surface area (TPSA) is 111 Å². The molecule has 3 aromatic rings. The van der Waals surface area contributed by atoms with Crippen molar-refractivity contribution in [2.24, 2.45) is 0 Å². The highest BCUT2D eigenvalue weighted by Gasteiger charge is 2.24. The van der Waals surface area contributed by atoms with E-state index in [1.165, 1.54) is 11.9 Å². The molecule has 30 heavy (non-hydrogen) atoms. The number of aryl methyl sites for hydroxylation is 1. The van der Waals surface area contributed by atoms with E-state index in [1.807, 2.05) is 24.3 Å². The number of hydrogen-bond acceptors (Lipinski definition) is 8. The number of nitrogens with zero attached hydrogens (tertiary/aromatic N) is 3. The molecule has 0 saturated carbocycles. The van der Waals surface area contributed by atoms with Gasteiger partial charge in [0.25, 0.3) is 0 Å². The van der Waals surface area contributed by atoms with Gasteiger partial charge in [0, 0.05) is 17.4 Å². The lowest BCUT2D eigenvalue weighted by Gasteiger charge is -2.11. The van der Waals surface area contributed by atoms with Crippen LogP contribution < -0.4 is 20.1 Å². The van der Waals surface area contributed by atoms with Crippen molar-refractivity contribution in [1.82, 2.24) is 9.97 Å². The summed E-state index contributed by atoms with van der Waals surface area (Å²) in [6, 6.07) is 13.0. The van der Waals surface area contributed by atoms with Gasteiger partial charge in [-0.05, 0) is 42.7 Å². The number of hydrogen-bond donors (Lipinski definition) is 2. The number of fused-ring (bicyclic) bond motifs is 1. The maximum atomic E-state index is 11.8. The lowest BCUT2D eigenvalue weighted by molar-refractivity contribution is -0.383. The zero-order chi connectivity index (χ0) is 20.9. The molecular formula is C21H21N5O4.